The molecule has 0 spiro atoms. The molecule has 24 heavy (non-hydrogen) atoms. The lowest BCUT2D eigenvalue weighted by atomic mass is 9.99. The Bertz CT molecular complexity index is 1200. The lowest BCUT2D eigenvalue weighted by molar-refractivity contribution is 0.481. The standard InChI is InChI=1S/C22H14O2/c23-19-13-16(14-6-2-1-3-7-14)12-15-10-11-18-17-8-4-5-9-20(17)24-22(18)21(15)19/h1-13,23H. The maximum atomic E-state index is 10.7. The van der Waals surface area contributed by atoms with Gasteiger partial charge in [0.15, 0.2) is 0 Å². The molecule has 0 saturated heterocycles. The summed E-state index contributed by atoms with van der Waals surface area (Å²) in [5.41, 5.74) is 3.66. The smallest absolute Gasteiger partial charge is 0.146 e. The van der Waals surface area contributed by atoms with Crippen molar-refractivity contribution in [1.29, 1.82) is 0 Å². The number of aromatic hydroxyl groups is 1. The molecule has 0 radical (unpaired) electrons. The molecule has 5 rings (SSSR count). The van der Waals surface area contributed by atoms with Crippen molar-refractivity contribution in [2.24, 2.45) is 0 Å². The Morgan fingerprint density at radius 1 is 0.667 bits per heavy atom. The molecule has 0 atom stereocenters. The Kier molecular flexibility index (Phi) is 2.68. The lowest BCUT2D eigenvalue weighted by Gasteiger charge is -2.07. The van der Waals surface area contributed by atoms with E-state index in [-0.39, 0.29) is 5.75 Å². The van der Waals surface area contributed by atoms with Gasteiger partial charge in [0.2, 0.25) is 0 Å². The average molecular weight is 310 g/mol. The third-order valence-electron chi connectivity index (χ3n) is 4.55. The Hall–Kier alpha value is -3.26. The highest BCUT2D eigenvalue weighted by Gasteiger charge is 2.14. The number of furan rings is 1. The Morgan fingerprint density at radius 3 is 2.33 bits per heavy atom. The van der Waals surface area contributed by atoms with Gasteiger partial charge in [0.05, 0.1) is 5.39 Å². The second kappa shape index (κ2) is 4.87. The van der Waals surface area contributed by atoms with Crippen molar-refractivity contribution < 1.29 is 9.52 Å². The van der Waals surface area contributed by atoms with Crippen LogP contribution in [0.4, 0.5) is 0 Å². The number of rotatable bonds is 1. The lowest BCUT2D eigenvalue weighted by Crippen LogP contribution is -1.81. The second-order valence-corrected chi connectivity index (χ2v) is 6.00. The van der Waals surface area contributed by atoms with Gasteiger partial charge in [-0.25, -0.2) is 0 Å². The molecule has 0 aliphatic heterocycles. The predicted molar refractivity (Wildman–Crippen MR) is 98.3 cm³/mol. The number of benzene rings is 4. The van der Waals surface area contributed by atoms with Crippen LogP contribution < -0.4 is 0 Å². The van der Waals surface area contributed by atoms with Crippen molar-refractivity contribution in [2.45, 2.75) is 0 Å². The molecule has 2 heteroatoms. The maximum absolute atomic E-state index is 10.7. The van der Waals surface area contributed by atoms with Gasteiger partial charge in [-0.15, -0.1) is 0 Å². The first-order valence-corrected chi connectivity index (χ1v) is 7.94. The van der Waals surface area contributed by atoms with Crippen molar-refractivity contribution in [3.63, 3.8) is 0 Å². The third-order valence-corrected chi connectivity index (χ3v) is 4.55. The molecule has 1 aromatic heterocycles. The molecule has 0 aliphatic rings. The first kappa shape index (κ1) is 13.2. The molecular weight excluding hydrogens is 296 g/mol. The van der Waals surface area contributed by atoms with E-state index in [2.05, 4.69) is 12.1 Å². The van der Waals surface area contributed by atoms with Crippen LogP contribution in [0, 0.1) is 0 Å². The van der Waals surface area contributed by atoms with Gasteiger partial charge in [0, 0.05) is 10.8 Å². The van der Waals surface area contributed by atoms with Crippen molar-refractivity contribution in [3.8, 4) is 16.9 Å². The number of phenolic OH excluding ortho intramolecular Hbond substituents is 1. The summed E-state index contributed by atoms with van der Waals surface area (Å²) in [6.45, 7) is 0. The molecular formula is C22H14O2. The fourth-order valence-corrected chi connectivity index (χ4v) is 3.41. The van der Waals surface area contributed by atoms with E-state index in [0.29, 0.717) is 0 Å². The molecule has 0 saturated carbocycles. The molecule has 1 heterocycles. The van der Waals surface area contributed by atoms with Crippen LogP contribution in [0.15, 0.2) is 83.3 Å². The van der Waals surface area contributed by atoms with Gasteiger partial charge in [-0.2, -0.15) is 0 Å². The monoisotopic (exact) mass is 310 g/mol. The zero-order valence-corrected chi connectivity index (χ0v) is 12.9. The molecule has 1 N–H and O–H groups in total. The van der Waals surface area contributed by atoms with Crippen LogP contribution >= 0.6 is 0 Å². The van der Waals surface area contributed by atoms with Gasteiger partial charge in [-0.3, -0.25) is 0 Å². The van der Waals surface area contributed by atoms with E-state index >= 15 is 0 Å². The summed E-state index contributed by atoms with van der Waals surface area (Å²) in [6, 6.07) is 26.0. The molecule has 5 aromatic rings. The van der Waals surface area contributed by atoms with E-state index in [4.69, 9.17) is 4.42 Å². The average Bonchev–Trinajstić information content (AvgIpc) is 3.00. The van der Waals surface area contributed by atoms with Gasteiger partial charge in [-0.05, 0) is 40.8 Å². The predicted octanol–water partition coefficient (Wildman–Crippen LogP) is 6.11. The zero-order chi connectivity index (χ0) is 16.1. The number of para-hydroxylation sites is 1. The minimum atomic E-state index is 0.246. The molecule has 0 bridgehead atoms. The summed E-state index contributed by atoms with van der Waals surface area (Å²) in [5.74, 6) is 0.246. The second-order valence-electron chi connectivity index (χ2n) is 6.00. The summed E-state index contributed by atoms with van der Waals surface area (Å²) in [6.07, 6.45) is 0. The Labute approximate surface area is 138 Å². The normalized spacial score (nSPS) is 11.5. The number of fused-ring (bicyclic) bond motifs is 5. The van der Waals surface area contributed by atoms with Gasteiger partial charge in [0.1, 0.15) is 16.9 Å². The molecule has 0 unspecified atom stereocenters. The summed E-state index contributed by atoms with van der Waals surface area (Å²) < 4.78 is 6.03. The van der Waals surface area contributed by atoms with E-state index in [0.717, 1.165) is 43.8 Å². The van der Waals surface area contributed by atoms with Gasteiger partial charge < -0.3 is 9.52 Å². The van der Waals surface area contributed by atoms with Crippen LogP contribution in [-0.2, 0) is 0 Å². The first-order chi connectivity index (χ1) is 11.8. The third kappa shape index (κ3) is 1.83. The van der Waals surface area contributed by atoms with Crippen molar-refractivity contribution >= 4 is 32.7 Å². The van der Waals surface area contributed by atoms with E-state index in [1.165, 1.54) is 0 Å². The summed E-state index contributed by atoms with van der Waals surface area (Å²) in [5, 5.41) is 14.5. The molecule has 4 aromatic carbocycles. The Balaban J connectivity index is 1.87. The van der Waals surface area contributed by atoms with Gasteiger partial charge >= 0.3 is 0 Å². The van der Waals surface area contributed by atoms with Crippen molar-refractivity contribution in [1.82, 2.24) is 0 Å². The van der Waals surface area contributed by atoms with E-state index in [1.54, 1.807) is 0 Å². The molecule has 0 amide bonds. The molecule has 2 nitrogen and oxygen atoms in total. The van der Waals surface area contributed by atoms with Gasteiger partial charge in [0.25, 0.3) is 0 Å². The van der Waals surface area contributed by atoms with Crippen molar-refractivity contribution in [3.05, 3.63) is 78.9 Å². The number of hydrogen-bond acceptors (Lipinski definition) is 2. The topological polar surface area (TPSA) is 33.4 Å². The van der Waals surface area contributed by atoms with E-state index in [1.807, 2.05) is 66.7 Å². The van der Waals surface area contributed by atoms with Crippen LogP contribution in [0.1, 0.15) is 0 Å². The van der Waals surface area contributed by atoms with Gasteiger partial charge in [-0.1, -0.05) is 54.6 Å². The quantitative estimate of drug-likeness (QED) is 0.405. The molecule has 0 fully saturated rings. The van der Waals surface area contributed by atoms with Crippen LogP contribution in [0.3, 0.4) is 0 Å². The highest BCUT2D eigenvalue weighted by molar-refractivity contribution is 6.17. The minimum Gasteiger partial charge on any atom is -0.507 e. The van der Waals surface area contributed by atoms with Crippen LogP contribution in [-0.4, -0.2) is 5.11 Å². The fraction of sp³-hybridized carbons (Fsp3) is 0. The van der Waals surface area contributed by atoms with E-state index in [9.17, 15) is 5.11 Å². The van der Waals surface area contributed by atoms with Crippen LogP contribution in [0.25, 0.3) is 43.8 Å². The van der Waals surface area contributed by atoms with E-state index < -0.39 is 0 Å². The SMILES string of the molecule is Oc1cc(-c2ccccc2)cc2ccc3c4ccccc4oc3c12. The zero-order valence-electron chi connectivity index (χ0n) is 12.9. The summed E-state index contributed by atoms with van der Waals surface area (Å²) in [4.78, 5) is 0. The fourth-order valence-electron chi connectivity index (χ4n) is 3.41. The number of phenols is 1. The van der Waals surface area contributed by atoms with Crippen LogP contribution in [0.2, 0.25) is 0 Å². The number of hydrogen-bond donors (Lipinski definition) is 1. The van der Waals surface area contributed by atoms with Crippen molar-refractivity contribution in [2.75, 3.05) is 0 Å². The summed E-state index contributed by atoms with van der Waals surface area (Å²) in [7, 11) is 0. The highest BCUT2D eigenvalue weighted by atomic mass is 16.3. The van der Waals surface area contributed by atoms with Crippen LogP contribution in [0.5, 0.6) is 5.75 Å². The first-order valence-electron chi connectivity index (χ1n) is 7.94. The molecule has 0 aliphatic carbocycles. The maximum Gasteiger partial charge on any atom is 0.146 e. The Morgan fingerprint density at radius 2 is 1.46 bits per heavy atom. The largest absolute Gasteiger partial charge is 0.507 e. The minimum absolute atomic E-state index is 0.246. The molecule has 114 valence electrons. The summed E-state index contributed by atoms with van der Waals surface area (Å²) >= 11 is 0. The highest BCUT2D eigenvalue weighted by Crippen LogP contribution is 2.40.